The molecule has 0 radical (unpaired) electrons. The first-order valence-corrected chi connectivity index (χ1v) is 6.93. The Hall–Kier alpha value is -1.85. The maximum atomic E-state index is 11.4. The summed E-state index contributed by atoms with van der Waals surface area (Å²) in [5.41, 5.74) is -0.0151. The number of nitrogens with zero attached hydrogens (tertiary/aromatic N) is 2. The van der Waals surface area contributed by atoms with Gasteiger partial charge in [0.15, 0.2) is 0 Å². The molecule has 0 amide bonds. The number of hydrogen-bond acceptors (Lipinski definition) is 5. The molecule has 112 valence electrons. The highest BCUT2D eigenvalue weighted by molar-refractivity contribution is 5.75. The minimum Gasteiger partial charge on any atom is -0.481 e. The second-order valence-corrected chi connectivity index (χ2v) is 4.75. The Balaban J connectivity index is 2.85. The van der Waals surface area contributed by atoms with E-state index in [0.29, 0.717) is 37.8 Å². The molecule has 0 bridgehead atoms. The number of aliphatic carboxylic acids is 1. The van der Waals surface area contributed by atoms with Gasteiger partial charge in [0.1, 0.15) is 0 Å². The molecule has 0 aliphatic heterocycles. The Kier molecular flexibility index (Phi) is 5.73. The van der Waals surface area contributed by atoms with E-state index in [1.807, 2.05) is 27.7 Å². The summed E-state index contributed by atoms with van der Waals surface area (Å²) in [5.74, 6) is 0.102. The van der Waals surface area contributed by atoms with Gasteiger partial charge >= 0.3 is 5.97 Å². The van der Waals surface area contributed by atoms with Crippen LogP contribution in [0.4, 0.5) is 5.95 Å². The van der Waals surface area contributed by atoms with Gasteiger partial charge in [0.05, 0.1) is 12.0 Å². The van der Waals surface area contributed by atoms with Gasteiger partial charge in [-0.2, -0.15) is 4.98 Å². The van der Waals surface area contributed by atoms with Crippen molar-refractivity contribution in [1.82, 2.24) is 9.97 Å². The molecule has 2 N–H and O–H groups in total. The lowest BCUT2D eigenvalue weighted by Gasteiger charge is -2.26. The smallest absolute Gasteiger partial charge is 0.311 e. The van der Waals surface area contributed by atoms with Crippen molar-refractivity contribution in [3.63, 3.8) is 0 Å². The Morgan fingerprint density at radius 1 is 1.35 bits per heavy atom. The second kappa shape index (κ2) is 7.07. The van der Waals surface area contributed by atoms with Gasteiger partial charge in [-0.1, -0.05) is 13.8 Å². The monoisotopic (exact) mass is 281 g/mol. The van der Waals surface area contributed by atoms with Gasteiger partial charge in [0, 0.05) is 18.3 Å². The highest BCUT2D eigenvalue weighted by Crippen LogP contribution is 2.27. The first-order valence-electron chi connectivity index (χ1n) is 6.93. The van der Waals surface area contributed by atoms with Crippen LogP contribution in [0, 0.1) is 12.3 Å². The van der Waals surface area contributed by atoms with Gasteiger partial charge in [-0.05, 0) is 26.7 Å². The van der Waals surface area contributed by atoms with E-state index in [2.05, 4.69) is 15.3 Å². The first kappa shape index (κ1) is 16.2. The summed E-state index contributed by atoms with van der Waals surface area (Å²) in [6.45, 7) is 8.31. The molecule has 0 saturated heterocycles. The molecule has 0 saturated carbocycles. The minimum absolute atomic E-state index is 0.296. The van der Waals surface area contributed by atoms with Crippen LogP contribution in [0.15, 0.2) is 6.07 Å². The third kappa shape index (κ3) is 3.82. The van der Waals surface area contributed by atoms with Gasteiger partial charge in [-0.3, -0.25) is 4.79 Å². The number of carboxylic acids is 1. The van der Waals surface area contributed by atoms with Crippen molar-refractivity contribution in [3.05, 3.63) is 11.8 Å². The van der Waals surface area contributed by atoms with Crippen LogP contribution in [0.3, 0.4) is 0 Å². The third-order valence-electron chi connectivity index (χ3n) is 3.52. The topological polar surface area (TPSA) is 84.3 Å². The van der Waals surface area contributed by atoms with Crippen LogP contribution < -0.4 is 10.1 Å². The predicted octanol–water partition coefficient (Wildman–Crippen LogP) is 2.49. The van der Waals surface area contributed by atoms with Gasteiger partial charge in [-0.25, -0.2) is 4.98 Å². The van der Waals surface area contributed by atoms with E-state index in [-0.39, 0.29) is 0 Å². The molecule has 1 heterocycles. The Morgan fingerprint density at radius 3 is 2.50 bits per heavy atom. The lowest BCUT2D eigenvalue weighted by molar-refractivity contribution is -0.148. The van der Waals surface area contributed by atoms with E-state index in [1.54, 1.807) is 6.07 Å². The largest absolute Gasteiger partial charge is 0.481 e. The van der Waals surface area contributed by atoms with Crippen LogP contribution in [0.2, 0.25) is 0 Å². The fourth-order valence-corrected chi connectivity index (χ4v) is 1.97. The molecule has 0 aliphatic carbocycles. The highest BCUT2D eigenvalue weighted by Gasteiger charge is 2.34. The number of rotatable bonds is 8. The standard InChI is InChI=1S/C14H23N3O3/c1-5-14(6-2,12(18)19)9-15-13-16-10(4)8-11(17-13)20-7-3/h8H,5-7,9H2,1-4H3,(H,18,19)(H,15,16,17). The van der Waals surface area contributed by atoms with Crippen molar-refractivity contribution in [2.24, 2.45) is 5.41 Å². The minimum atomic E-state index is -0.798. The number of aromatic nitrogens is 2. The van der Waals surface area contributed by atoms with Gasteiger partial charge in [-0.15, -0.1) is 0 Å². The molecule has 0 aromatic carbocycles. The second-order valence-electron chi connectivity index (χ2n) is 4.75. The number of anilines is 1. The molecule has 1 aromatic rings. The normalized spacial score (nSPS) is 11.2. The van der Waals surface area contributed by atoms with Crippen LogP contribution in [0.1, 0.15) is 39.3 Å². The van der Waals surface area contributed by atoms with Crippen LogP contribution in [0.5, 0.6) is 5.88 Å². The maximum Gasteiger partial charge on any atom is 0.311 e. The maximum absolute atomic E-state index is 11.4. The van der Waals surface area contributed by atoms with Crippen LogP contribution >= 0.6 is 0 Å². The molecule has 0 atom stereocenters. The zero-order valence-corrected chi connectivity index (χ0v) is 12.6. The summed E-state index contributed by atoms with van der Waals surface area (Å²) >= 11 is 0. The van der Waals surface area contributed by atoms with E-state index in [1.165, 1.54) is 0 Å². The van der Waals surface area contributed by atoms with Crippen LogP contribution in [-0.4, -0.2) is 34.2 Å². The van der Waals surface area contributed by atoms with Crippen LogP contribution in [-0.2, 0) is 4.79 Å². The average Bonchev–Trinajstić information content (AvgIpc) is 2.40. The fourth-order valence-electron chi connectivity index (χ4n) is 1.97. The zero-order chi connectivity index (χ0) is 15.2. The van der Waals surface area contributed by atoms with E-state index < -0.39 is 11.4 Å². The summed E-state index contributed by atoms with van der Waals surface area (Å²) in [5, 5.41) is 12.4. The SMILES string of the molecule is CCOc1cc(C)nc(NCC(CC)(CC)C(=O)O)n1. The first-order chi connectivity index (χ1) is 9.47. The van der Waals surface area contributed by atoms with Gasteiger partial charge in [0.2, 0.25) is 11.8 Å². The molecule has 6 heteroatoms. The summed E-state index contributed by atoms with van der Waals surface area (Å²) < 4.78 is 5.35. The summed E-state index contributed by atoms with van der Waals surface area (Å²) in [4.78, 5) is 19.9. The fraction of sp³-hybridized carbons (Fsp3) is 0.643. The number of nitrogens with one attached hydrogen (secondary N) is 1. The molecule has 20 heavy (non-hydrogen) atoms. The summed E-state index contributed by atoms with van der Waals surface area (Å²) in [6, 6.07) is 1.75. The predicted molar refractivity (Wildman–Crippen MR) is 77.1 cm³/mol. The highest BCUT2D eigenvalue weighted by atomic mass is 16.5. The van der Waals surface area contributed by atoms with Gasteiger partial charge < -0.3 is 15.2 Å². The van der Waals surface area contributed by atoms with Crippen molar-refractivity contribution in [3.8, 4) is 5.88 Å². The van der Waals surface area contributed by atoms with E-state index in [4.69, 9.17) is 4.74 Å². The van der Waals surface area contributed by atoms with Crippen molar-refractivity contribution in [2.45, 2.75) is 40.5 Å². The van der Waals surface area contributed by atoms with Crippen molar-refractivity contribution < 1.29 is 14.6 Å². The summed E-state index contributed by atoms with van der Waals surface area (Å²) in [6.07, 6.45) is 1.10. The molecule has 0 fully saturated rings. The van der Waals surface area contributed by atoms with Gasteiger partial charge in [0.25, 0.3) is 0 Å². The molecule has 6 nitrogen and oxygen atoms in total. The quantitative estimate of drug-likeness (QED) is 0.761. The molecule has 1 rings (SSSR count). The number of carbonyl (C=O) groups is 1. The lowest BCUT2D eigenvalue weighted by atomic mass is 9.82. The van der Waals surface area contributed by atoms with Crippen molar-refractivity contribution in [2.75, 3.05) is 18.5 Å². The zero-order valence-electron chi connectivity index (χ0n) is 12.6. The molecular formula is C14H23N3O3. The molecule has 0 unspecified atom stereocenters. The van der Waals surface area contributed by atoms with E-state index in [9.17, 15) is 9.90 Å². The summed E-state index contributed by atoms with van der Waals surface area (Å²) in [7, 11) is 0. The number of hydrogen-bond donors (Lipinski definition) is 2. The average molecular weight is 281 g/mol. The third-order valence-corrected chi connectivity index (χ3v) is 3.52. The van der Waals surface area contributed by atoms with E-state index >= 15 is 0 Å². The van der Waals surface area contributed by atoms with Crippen LogP contribution in [0.25, 0.3) is 0 Å². The molecule has 0 spiro atoms. The lowest BCUT2D eigenvalue weighted by Crippen LogP contribution is -2.37. The number of aryl methyl sites for hydroxylation is 1. The Morgan fingerprint density at radius 2 is 2.00 bits per heavy atom. The van der Waals surface area contributed by atoms with Crippen molar-refractivity contribution in [1.29, 1.82) is 0 Å². The Bertz CT molecular complexity index is 459. The van der Waals surface area contributed by atoms with Crippen molar-refractivity contribution >= 4 is 11.9 Å². The molecule has 0 aliphatic rings. The van der Waals surface area contributed by atoms with E-state index in [0.717, 1.165) is 5.69 Å². The molecular weight excluding hydrogens is 258 g/mol. The molecule has 1 aromatic heterocycles. The number of carboxylic acid groups (broad SMARTS) is 1. The Labute approximate surface area is 119 Å². The number of ether oxygens (including phenoxy) is 1.